The number of fused-ring (bicyclic) bond motifs is 1. The van der Waals surface area contributed by atoms with E-state index in [1.54, 1.807) is 0 Å². The van der Waals surface area contributed by atoms with Crippen molar-refractivity contribution < 1.29 is 0 Å². The van der Waals surface area contributed by atoms with Crippen LogP contribution in [0.2, 0.25) is 0 Å². The Morgan fingerprint density at radius 1 is 0.603 bits per heavy atom. The first-order valence-electron chi connectivity index (χ1n) is 20.6. The molecule has 0 saturated heterocycles. The first-order chi connectivity index (χ1) is 28.5. The van der Waals surface area contributed by atoms with Crippen LogP contribution in [0, 0.1) is 12.8 Å². The molecule has 0 radical (unpaired) electrons. The molecule has 0 aromatic heterocycles. The minimum atomic E-state index is -0.00108. The van der Waals surface area contributed by atoms with Gasteiger partial charge in [-0.3, -0.25) is 9.89 Å². The molecule has 0 bridgehead atoms. The van der Waals surface area contributed by atoms with E-state index in [2.05, 4.69) is 201 Å². The molecule has 0 spiro atoms. The maximum atomic E-state index is 4.85. The van der Waals surface area contributed by atoms with Crippen molar-refractivity contribution in [2.45, 2.75) is 32.9 Å². The molecule has 2 aliphatic heterocycles. The molecule has 9 rings (SSSR count). The summed E-state index contributed by atoms with van der Waals surface area (Å²) in [6, 6.07) is 64.7. The number of likely N-dealkylation sites (N-methyl/N-ethyl adjacent to an activating group) is 1. The van der Waals surface area contributed by atoms with E-state index in [0.717, 1.165) is 37.3 Å². The number of hydrogen-bond donors (Lipinski definition) is 1. The lowest BCUT2D eigenvalue weighted by Crippen LogP contribution is -2.44. The van der Waals surface area contributed by atoms with Crippen LogP contribution in [0.3, 0.4) is 0 Å². The van der Waals surface area contributed by atoms with E-state index in [4.69, 9.17) is 4.99 Å². The topological polar surface area (TPSA) is 30.9 Å². The van der Waals surface area contributed by atoms with Crippen LogP contribution < -0.4 is 5.32 Å². The predicted octanol–water partition coefficient (Wildman–Crippen LogP) is 11.9. The SMILES string of the molecule is CCc1ccccc1.CN1CC=C(c2ccc(-c3c(C4NC(c5ccccc5)=NCN4C)ccc4ccccc34)cc2)C(Cc2ccccc2)C1.Cc1ccccc1. The molecule has 0 saturated carbocycles. The van der Waals surface area contributed by atoms with Crippen molar-refractivity contribution in [3.63, 3.8) is 0 Å². The molecule has 2 unspecified atom stereocenters. The quantitative estimate of drug-likeness (QED) is 0.176. The fourth-order valence-electron chi connectivity index (χ4n) is 7.95. The minimum absolute atomic E-state index is 0.00108. The van der Waals surface area contributed by atoms with Crippen molar-refractivity contribution in [2.24, 2.45) is 10.9 Å². The summed E-state index contributed by atoms with van der Waals surface area (Å²) in [5, 5.41) is 6.29. The van der Waals surface area contributed by atoms with Crippen LogP contribution >= 0.6 is 0 Å². The Labute approximate surface area is 346 Å². The van der Waals surface area contributed by atoms with Gasteiger partial charge in [0, 0.05) is 24.6 Å². The largest absolute Gasteiger partial charge is 0.350 e. The van der Waals surface area contributed by atoms with Crippen molar-refractivity contribution in [1.29, 1.82) is 0 Å². The zero-order chi connectivity index (χ0) is 40.1. The Kier molecular flexibility index (Phi) is 13.8. The fourth-order valence-corrected chi connectivity index (χ4v) is 7.95. The van der Waals surface area contributed by atoms with E-state index in [1.807, 2.05) is 30.3 Å². The number of nitrogens with one attached hydrogen (secondary N) is 1. The summed E-state index contributed by atoms with van der Waals surface area (Å²) < 4.78 is 0. The lowest BCUT2D eigenvalue weighted by Gasteiger charge is -2.35. The van der Waals surface area contributed by atoms with Gasteiger partial charge >= 0.3 is 0 Å². The second-order valence-corrected chi connectivity index (χ2v) is 15.4. The van der Waals surface area contributed by atoms with Gasteiger partial charge in [-0.2, -0.15) is 0 Å². The van der Waals surface area contributed by atoms with Gasteiger partial charge < -0.3 is 10.2 Å². The van der Waals surface area contributed by atoms with Crippen LogP contribution in [0.4, 0.5) is 0 Å². The Balaban J connectivity index is 0.000000285. The van der Waals surface area contributed by atoms with Crippen molar-refractivity contribution in [3.8, 4) is 11.1 Å². The van der Waals surface area contributed by atoms with Crippen molar-refractivity contribution in [1.82, 2.24) is 15.1 Å². The highest BCUT2D eigenvalue weighted by Gasteiger charge is 2.27. The van der Waals surface area contributed by atoms with Gasteiger partial charge in [-0.1, -0.05) is 201 Å². The molecule has 0 fully saturated rings. The third-order valence-corrected chi connectivity index (χ3v) is 11.1. The number of aryl methyl sites for hydroxylation is 2. The van der Waals surface area contributed by atoms with Crippen molar-refractivity contribution in [3.05, 3.63) is 221 Å². The second kappa shape index (κ2) is 19.9. The van der Waals surface area contributed by atoms with Crippen LogP contribution in [-0.4, -0.2) is 49.5 Å². The van der Waals surface area contributed by atoms with E-state index in [1.165, 1.54) is 55.3 Å². The van der Waals surface area contributed by atoms with Gasteiger partial charge in [0.25, 0.3) is 0 Å². The molecule has 2 heterocycles. The Morgan fingerprint density at radius 2 is 1.19 bits per heavy atom. The van der Waals surface area contributed by atoms with Crippen LogP contribution in [0.25, 0.3) is 27.5 Å². The Hall–Kier alpha value is -6.07. The zero-order valence-electron chi connectivity index (χ0n) is 34.4. The lowest BCUT2D eigenvalue weighted by atomic mass is 9.84. The minimum Gasteiger partial charge on any atom is -0.350 e. The number of aliphatic imine (C=N–C) groups is 1. The highest BCUT2D eigenvalue weighted by Crippen LogP contribution is 2.39. The number of rotatable bonds is 7. The lowest BCUT2D eigenvalue weighted by molar-refractivity contribution is 0.224. The van der Waals surface area contributed by atoms with Crippen molar-refractivity contribution in [2.75, 3.05) is 33.9 Å². The van der Waals surface area contributed by atoms with Crippen LogP contribution in [0.15, 0.2) is 193 Å². The summed E-state index contributed by atoms with van der Waals surface area (Å²) in [6.07, 6.45) is 4.62. The summed E-state index contributed by atoms with van der Waals surface area (Å²) in [5.41, 5.74) is 11.8. The Morgan fingerprint density at radius 3 is 1.81 bits per heavy atom. The van der Waals surface area contributed by atoms with Crippen LogP contribution in [-0.2, 0) is 12.8 Å². The molecule has 1 N–H and O–H groups in total. The van der Waals surface area contributed by atoms with E-state index in [0.29, 0.717) is 12.6 Å². The van der Waals surface area contributed by atoms with Gasteiger partial charge in [0.15, 0.2) is 0 Å². The third kappa shape index (κ3) is 10.3. The van der Waals surface area contributed by atoms with Gasteiger partial charge in [0.1, 0.15) is 12.0 Å². The van der Waals surface area contributed by atoms with Crippen LogP contribution in [0.1, 0.15) is 46.5 Å². The molecule has 58 heavy (non-hydrogen) atoms. The standard InChI is InChI=1S/C39H38N4.C8H10.C7H8/c1-42-24-23-34(33(26-42)25-28-11-5-3-6-12-28)30-17-19-31(20-18-30)37-35-16-10-9-13-29(35)21-22-36(37)39-41-38(40-27-43(39)2)32-14-7-4-8-15-32;1-2-8-6-4-3-5-7-8;1-7-5-3-2-4-6-7/h3-23,33,39H,24-27H2,1-2H3,(H,40,41);3-7H,2H2,1H3;2-6H,1H3. The molecular formula is C54H56N4. The number of hydrogen-bond acceptors (Lipinski definition) is 4. The van der Waals surface area contributed by atoms with E-state index < -0.39 is 0 Å². The van der Waals surface area contributed by atoms with Crippen molar-refractivity contribution >= 4 is 22.2 Å². The van der Waals surface area contributed by atoms with Gasteiger partial charge in [0.2, 0.25) is 0 Å². The van der Waals surface area contributed by atoms with Crippen LogP contribution in [0.5, 0.6) is 0 Å². The fraction of sp³-hybridized carbons (Fsp3) is 0.204. The monoisotopic (exact) mass is 760 g/mol. The van der Waals surface area contributed by atoms with Gasteiger partial charge in [0.05, 0.1) is 6.67 Å². The summed E-state index contributed by atoms with van der Waals surface area (Å²) in [6.45, 7) is 6.94. The maximum absolute atomic E-state index is 4.85. The summed E-state index contributed by atoms with van der Waals surface area (Å²) in [5.74, 6) is 1.41. The molecule has 0 amide bonds. The summed E-state index contributed by atoms with van der Waals surface area (Å²) >= 11 is 0. The highest BCUT2D eigenvalue weighted by atomic mass is 15.3. The number of benzene rings is 7. The Bertz CT molecular complexity index is 2390. The van der Waals surface area contributed by atoms with Gasteiger partial charge in [-0.05, 0) is 83.6 Å². The van der Waals surface area contributed by atoms with Gasteiger partial charge in [-0.15, -0.1) is 0 Å². The summed E-state index contributed by atoms with van der Waals surface area (Å²) in [7, 11) is 4.37. The normalized spacial score (nSPS) is 16.8. The molecule has 2 atom stereocenters. The highest BCUT2D eigenvalue weighted by molar-refractivity contribution is 6.01. The molecule has 0 aliphatic carbocycles. The molecule has 292 valence electrons. The molecule has 4 heteroatoms. The van der Waals surface area contributed by atoms with Gasteiger partial charge in [-0.25, -0.2) is 0 Å². The number of nitrogens with zero attached hydrogens (tertiary/aromatic N) is 3. The average molecular weight is 761 g/mol. The smallest absolute Gasteiger partial charge is 0.131 e. The zero-order valence-corrected chi connectivity index (χ0v) is 34.4. The van der Waals surface area contributed by atoms with E-state index in [9.17, 15) is 0 Å². The number of amidine groups is 1. The first kappa shape index (κ1) is 40.1. The van der Waals surface area contributed by atoms with E-state index in [-0.39, 0.29) is 6.17 Å². The molecule has 2 aliphatic rings. The second-order valence-electron chi connectivity index (χ2n) is 15.4. The molecule has 7 aromatic carbocycles. The van der Waals surface area contributed by atoms with E-state index >= 15 is 0 Å². The predicted molar refractivity (Wildman–Crippen MR) is 247 cm³/mol. The average Bonchev–Trinajstić information content (AvgIpc) is 3.28. The molecule has 4 nitrogen and oxygen atoms in total. The summed E-state index contributed by atoms with van der Waals surface area (Å²) in [4.78, 5) is 9.56. The molecule has 7 aromatic rings. The first-order valence-corrected chi connectivity index (χ1v) is 20.6. The maximum Gasteiger partial charge on any atom is 0.131 e. The molecular weight excluding hydrogens is 705 g/mol. The third-order valence-electron chi connectivity index (χ3n) is 11.1.